The van der Waals surface area contributed by atoms with Crippen molar-refractivity contribution in [1.29, 1.82) is 0 Å². The Labute approximate surface area is 101 Å². The SMILES string of the molecule is Cc1nn(Cc2ccn(C(C)C)n2)c(C)c1N. The van der Waals surface area contributed by atoms with Crippen LogP contribution in [-0.4, -0.2) is 19.6 Å². The first-order valence-electron chi connectivity index (χ1n) is 5.82. The molecule has 2 aromatic heterocycles. The minimum atomic E-state index is 0.384. The molecule has 2 heterocycles. The molecule has 0 fully saturated rings. The van der Waals surface area contributed by atoms with Crippen molar-refractivity contribution < 1.29 is 0 Å². The lowest BCUT2D eigenvalue weighted by atomic mass is 10.3. The van der Waals surface area contributed by atoms with Gasteiger partial charge in [0, 0.05) is 12.2 Å². The summed E-state index contributed by atoms with van der Waals surface area (Å²) >= 11 is 0. The highest BCUT2D eigenvalue weighted by Crippen LogP contribution is 2.16. The van der Waals surface area contributed by atoms with Gasteiger partial charge in [0.25, 0.3) is 0 Å². The zero-order valence-corrected chi connectivity index (χ0v) is 10.8. The number of anilines is 1. The largest absolute Gasteiger partial charge is 0.396 e. The summed E-state index contributed by atoms with van der Waals surface area (Å²) in [6, 6.07) is 2.40. The van der Waals surface area contributed by atoms with Gasteiger partial charge in [-0.1, -0.05) is 0 Å². The molecule has 2 aromatic rings. The summed E-state index contributed by atoms with van der Waals surface area (Å²) in [5, 5.41) is 8.90. The topological polar surface area (TPSA) is 61.7 Å². The van der Waals surface area contributed by atoms with Gasteiger partial charge < -0.3 is 5.73 Å². The van der Waals surface area contributed by atoms with Gasteiger partial charge in [0.15, 0.2) is 0 Å². The average Bonchev–Trinajstić information content (AvgIpc) is 2.82. The molecule has 0 radical (unpaired) electrons. The predicted octanol–water partition coefficient (Wildman–Crippen LogP) is 1.91. The third kappa shape index (κ3) is 2.18. The zero-order valence-electron chi connectivity index (χ0n) is 10.8. The second-order valence-electron chi connectivity index (χ2n) is 4.62. The molecule has 0 unspecified atom stereocenters. The number of aryl methyl sites for hydroxylation is 1. The molecule has 17 heavy (non-hydrogen) atoms. The molecule has 0 aromatic carbocycles. The van der Waals surface area contributed by atoms with Gasteiger partial charge in [-0.3, -0.25) is 9.36 Å². The summed E-state index contributed by atoms with van der Waals surface area (Å²) in [5.74, 6) is 0. The first-order valence-corrected chi connectivity index (χ1v) is 5.82. The fourth-order valence-electron chi connectivity index (χ4n) is 1.77. The number of hydrogen-bond donors (Lipinski definition) is 1. The van der Waals surface area contributed by atoms with Gasteiger partial charge in [-0.05, 0) is 33.8 Å². The van der Waals surface area contributed by atoms with Crippen molar-refractivity contribution in [1.82, 2.24) is 19.6 Å². The number of nitrogens with two attached hydrogens (primary N) is 1. The summed E-state index contributed by atoms with van der Waals surface area (Å²) in [6.45, 7) is 8.79. The second-order valence-corrected chi connectivity index (χ2v) is 4.62. The summed E-state index contributed by atoms with van der Waals surface area (Å²) in [5.41, 5.74) is 9.56. The van der Waals surface area contributed by atoms with E-state index < -0.39 is 0 Å². The van der Waals surface area contributed by atoms with E-state index in [0.717, 1.165) is 22.8 Å². The molecule has 0 amide bonds. The molecule has 0 aliphatic rings. The van der Waals surface area contributed by atoms with Gasteiger partial charge in [-0.15, -0.1) is 0 Å². The standard InChI is InChI=1S/C12H19N5/c1-8(2)16-6-5-11(15-16)7-17-10(4)12(13)9(3)14-17/h5-6,8H,7,13H2,1-4H3. The maximum atomic E-state index is 5.90. The normalized spacial score (nSPS) is 11.4. The minimum Gasteiger partial charge on any atom is -0.396 e. The van der Waals surface area contributed by atoms with Crippen LogP contribution in [0, 0.1) is 13.8 Å². The Kier molecular flexibility index (Phi) is 2.92. The highest BCUT2D eigenvalue weighted by atomic mass is 15.3. The first kappa shape index (κ1) is 11.7. The Morgan fingerprint density at radius 2 is 2.00 bits per heavy atom. The van der Waals surface area contributed by atoms with E-state index in [1.165, 1.54) is 0 Å². The fraction of sp³-hybridized carbons (Fsp3) is 0.500. The molecular weight excluding hydrogens is 214 g/mol. The van der Waals surface area contributed by atoms with Crippen molar-refractivity contribution in [3.8, 4) is 0 Å². The smallest absolute Gasteiger partial charge is 0.0853 e. The van der Waals surface area contributed by atoms with Gasteiger partial charge >= 0.3 is 0 Å². The fourth-order valence-corrected chi connectivity index (χ4v) is 1.77. The van der Waals surface area contributed by atoms with Crippen molar-refractivity contribution in [2.45, 2.75) is 40.3 Å². The van der Waals surface area contributed by atoms with Crippen LogP contribution in [0.1, 0.15) is 37.0 Å². The molecule has 0 aliphatic carbocycles. The van der Waals surface area contributed by atoms with Crippen LogP contribution in [-0.2, 0) is 6.54 Å². The number of hydrogen-bond acceptors (Lipinski definition) is 3. The molecule has 0 bridgehead atoms. The second kappa shape index (κ2) is 4.24. The molecular formula is C12H19N5. The average molecular weight is 233 g/mol. The monoisotopic (exact) mass is 233 g/mol. The van der Waals surface area contributed by atoms with Crippen LogP contribution in [0.5, 0.6) is 0 Å². The molecule has 0 atom stereocenters. The lowest BCUT2D eigenvalue weighted by Gasteiger charge is -2.04. The number of aromatic nitrogens is 4. The molecule has 5 heteroatoms. The van der Waals surface area contributed by atoms with E-state index in [1.807, 2.05) is 35.5 Å². The van der Waals surface area contributed by atoms with Gasteiger partial charge in [-0.2, -0.15) is 10.2 Å². The Hall–Kier alpha value is -1.78. The molecule has 0 saturated carbocycles. The Morgan fingerprint density at radius 1 is 1.29 bits per heavy atom. The van der Waals surface area contributed by atoms with Gasteiger partial charge in [-0.25, -0.2) is 0 Å². The number of nitrogens with zero attached hydrogens (tertiary/aromatic N) is 4. The van der Waals surface area contributed by atoms with Crippen LogP contribution in [0.25, 0.3) is 0 Å². The van der Waals surface area contributed by atoms with Crippen LogP contribution >= 0.6 is 0 Å². The highest BCUT2D eigenvalue weighted by molar-refractivity contribution is 5.46. The molecule has 0 spiro atoms. The third-order valence-corrected chi connectivity index (χ3v) is 2.94. The summed E-state index contributed by atoms with van der Waals surface area (Å²) in [7, 11) is 0. The van der Waals surface area contributed by atoms with E-state index >= 15 is 0 Å². The van der Waals surface area contributed by atoms with Crippen LogP contribution in [0.4, 0.5) is 5.69 Å². The van der Waals surface area contributed by atoms with Crippen molar-refractivity contribution in [3.63, 3.8) is 0 Å². The number of nitrogen functional groups attached to an aromatic ring is 1. The highest BCUT2D eigenvalue weighted by Gasteiger charge is 2.10. The van der Waals surface area contributed by atoms with Gasteiger partial charge in [0.05, 0.1) is 29.3 Å². The van der Waals surface area contributed by atoms with E-state index in [9.17, 15) is 0 Å². The summed E-state index contributed by atoms with van der Waals surface area (Å²) in [4.78, 5) is 0. The lowest BCUT2D eigenvalue weighted by Crippen LogP contribution is -2.07. The van der Waals surface area contributed by atoms with Crippen molar-refractivity contribution in [2.24, 2.45) is 0 Å². The van der Waals surface area contributed by atoms with E-state index in [4.69, 9.17) is 5.73 Å². The van der Waals surface area contributed by atoms with Gasteiger partial charge in [0.2, 0.25) is 0 Å². The van der Waals surface area contributed by atoms with Gasteiger partial charge in [0.1, 0.15) is 0 Å². The number of rotatable bonds is 3. The molecule has 0 saturated heterocycles. The van der Waals surface area contributed by atoms with Crippen LogP contribution in [0.3, 0.4) is 0 Å². The minimum absolute atomic E-state index is 0.384. The first-order chi connectivity index (χ1) is 7.99. The molecule has 0 aliphatic heterocycles. The molecule has 5 nitrogen and oxygen atoms in total. The summed E-state index contributed by atoms with van der Waals surface area (Å²) < 4.78 is 3.85. The maximum Gasteiger partial charge on any atom is 0.0853 e. The third-order valence-electron chi connectivity index (χ3n) is 2.94. The van der Waals surface area contributed by atoms with Crippen LogP contribution < -0.4 is 5.73 Å². The van der Waals surface area contributed by atoms with Crippen LogP contribution in [0.2, 0.25) is 0 Å². The lowest BCUT2D eigenvalue weighted by molar-refractivity contribution is 0.519. The molecule has 92 valence electrons. The Balaban J connectivity index is 2.22. The van der Waals surface area contributed by atoms with Crippen molar-refractivity contribution in [3.05, 3.63) is 29.3 Å². The maximum absolute atomic E-state index is 5.90. The molecule has 2 rings (SSSR count). The van der Waals surface area contributed by atoms with E-state index in [-0.39, 0.29) is 0 Å². The molecule has 2 N–H and O–H groups in total. The Morgan fingerprint density at radius 3 is 2.47 bits per heavy atom. The van der Waals surface area contributed by atoms with Crippen molar-refractivity contribution in [2.75, 3.05) is 5.73 Å². The Bertz CT molecular complexity index is 521. The van der Waals surface area contributed by atoms with Crippen LogP contribution in [0.15, 0.2) is 12.3 Å². The predicted molar refractivity (Wildman–Crippen MR) is 67.8 cm³/mol. The quantitative estimate of drug-likeness (QED) is 0.880. The van der Waals surface area contributed by atoms with E-state index in [1.54, 1.807) is 0 Å². The summed E-state index contributed by atoms with van der Waals surface area (Å²) in [6.07, 6.45) is 2.00. The van der Waals surface area contributed by atoms with E-state index in [0.29, 0.717) is 12.6 Å². The van der Waals surface area contributed by atoms with Crippen molar-refractivity contribution >= 4 is 5.69 Å². The zero-order chi connectivity index (χ0) is 12.6. The van der Waals surface area contributed by atoms with E-state index in [2.05, 4.69) is 24.0 Å².